The minimum absolute atomic E-state index is 0.160. The Morgan fingerprint density at radius 3 is 2.50 bits per heavy atom. The molecule has 0 bridgehead atoms. The highest BCUT2D eigenvalue weighted by Crippen LogP contribution is 2.28. The van der Waals surface area contributed by atoms with Crippen LogP contribution in [0, 0.1) is 0 Å². The number of H-pyrrole nitrogens is 1. The fraction of sp³-hybridized carbons (Fsp3) is 0.308. The lowest BCUT2D eigenvalue weighted by molar-refractivity contribution is 0.112. The molecule has 0 saturated heterocycles. The molecule has 1 aromatic heterocycles. The topological polar surface area (TPSA) is 70.2 Å². The van der Waals surface area contributed by atoms with E-state index in [0.717, 1.165) is 0 Å². The van der Waals surface area contributed by atoms with Gasteiger partial charge in [-0.1, -0.05) is 25.4 Å². The molecule has 0 atom stereocenters. The summed E-state index contributed by atoms with van der Waals surface area (Å²) in [6, 6.07) is 4.61. The van der Waals surface area contributed by atoms with Gasteiger partial charge in [-0.15, -0.1) is 0 Å². The second-order valence-electron chi connectivity index (χ2n) is 4.27. The first-order valence-corrected chi connectivity index (χ1v) is 8.04. The summed E-state index contributed by atoms with van der Waals surface area (Å²) in [5, 5.41) is 0.727. The van der Waals surface area contributed by atoms with Crippen LogP contribution in [-0.2, 0) is 10.0 Å². The number of carbonyl (C=O) groups excluding carboxylic acids is 1. The Morgan fingerprint density at radius 1 is 1.30 bits per heavy atom. The van der Waals surface area contributed by atoms with Crippen LogP contribution in [0.4, 0.5) is 0 Å². The first kappa shape index (κ1) is 15.0. The molecule has 0 radical (unpaired) electrons. The molecule has 20 heavy (non-hydrogen) atoms. The normalized spacial score (nSPS) is 12.2. The lowest BCUT2D eigenvalue weighted by Crippen LogP contribution is -2.30. The van der Waals surface area contributed by atoms with E-state index in [1.807, 2.05) is 0 Å². The van der Waals surface area contributed by atoms with Gasteiger partial charge in [0.15, 0.2) is 6.29 Å². The van der Waals surface area contributed by atoms with E-state index in [1.54, 1.807) is 19.9 Å². The number of hydrogen-bond acceptors (Lipinski definition) is 3. The predicted molar refractivity (Wildman–Crippen MR) is 78.8 cm³/mol. The molecule has 1 N–H and O–H groups in total. The van der Waals surface area contributed by atoms with E-state index in [0.29, 0.717) is 30.3 Å². The number of halogens is 1. The summed E-state index contributed by atoms with van der Waals surface area (Å²) in [4.78, 5) is 14.0. The maximum Gasteiger partial charge on any atom is 0.243 e. The van der Waals surface area contributed by atoms with Crippen molar-refractivity contribution in [3.63, 3.8) is 0 Å². The number of aromatic amines is 1. The fourth-order valence-corrected chi connectivity index (χ4v) is 3.88. The Balaban J connectivity index is 2.65. The summed E-state index contributed by atoms with van der Waals surface area (Å²) < 4.78 is 26.2. The SMILES string of the molecule is CCN(CC)S(=O)(=O)c1ccc2[nH]c(Cl)c(C=O)c2c1. The Kier molecular flexibility index (Phi) is 4.17. The van der Waals surface area contributed by atoms with Gasteiger partial charge in [0.05, 0.1) is 10.5 Å². The molecule has 2 rings (SSSR count). The highest BCUT2D eigenvalue weighted by atomic mass is 35.5. The second kappa shape index (κ2) is 5.55. The van der Waals surface area contributed by atoms with Gasteiger partial charge >= 0.3 is 0 Å². The lowest BCUT2D eigenvalue weighted by Gasteiger charge is -2.18. The van der Waals surface area contributed by atoms with E-state index in [2.05, 4.69) is 4.98 Å². The molecule has 1 heterocycles. The highest BCUT2D eigenvalue weighted by molar-refractivity contribution is 7.89. The van der Waals surface area contributed by atoms with Crippen molar-refractivity contribution in [1.82, 2.24) is 9.29 Å². The molecular formula is C13H15ClN2O3S. The van der Waals surface area contributed by atoms with E-state index in [-0.39, 0.29) is 15.6 Å². The van der Waals surface area contributed by atoms with Crippen molar-refractivity contribution in [2.75, 3.05) is 13.1 Å². The number of hydrogen-bond donors (Lipinski definition) is 1. The van der Waals surface area contributed by atoms with Crippen LogP contribution in [-0.4, -0.2) is 37.1 Å². The molecule has 0 aliphatic rings. The van der Waals surface area contributed by atoms with Crippen LogP contribution in [0.5, 0.6) is 0 Å². The van der Waals surface area contributed by atoms with Crippen LogP contribution in [0.3, 0.4) is 0 Å². The Bertz CT molecular complexity index is 748. The van der Waals surface area contributed by atoms with Crippen LogP contribution in [0.25, 0.3) is 10.9 Å². The van der Waals surface area contributed by atoms with Gasteiger partial charge in [0, 0.05) is 24.0 Å². The molecule has 0 aliphatic heterocycles. The van der Waals surface area contributed by atoms with Gasteiger partial charge in [0.1, 0.15) is 5.15 Å². The van der Waals surface area contributed by atoms with Gasteiger partial charge in [-0.25, -0.2) is 8.42 Å². The highest BCUT2D eigenvalue weighted by Gasteiger charge is 2.22. The third kappa shape index (κ3) is 2.34. The summed E-state index contributed by atoms with van der Waals surface area (Å²) in [6.45, 7) is 4.35. The average molecular weight is 315 g/mol. The summed E-state index contributed by atoms with van der Waals surface area (Å²) in [5.41, 5.74) is 0.911. The van der Waals surface area contributed by atoms with Crippen molar-refractivity contribution < 1.29 is 13.2 Å². The van der Waals surface area contributed by atoms with E-state index in [1.165, 1.54) is 16.4 Å². The number of aldehydes is 1. The fourth-order valence-electron chi connectivity index (χ4n) is 2.15. The van der Waals surface area contributed by atoms with Gasteiger partial charge in [0.25, 0.3) is 0 Å². The molecule has 0 amide bonds. The van der Waals surface area contributed by atoms with Crippen molar-refractivity contribution in [2.24, 2.45) is 0 Å². The smallest absolute Gasteiger partial charge is 0.243 e. The first-order valence-electron chi connectivity index (χ1n) is 6.22. The zero-order valence-corrected chi connectivity index (χ0v) is 12.8. The van der Waals surface area contributed by atoms with Crippen LogP contribution in [0.15, 0.2) is 23.1 Å². The quantitative estimate of drug-likeness (QED) is 0.863. The summed E-state index contributed by atoms with van der Waals surface area (Å²) in [5.74, 6) is 0. The van der Waals surface area contributed by atoms with Gasteiger partial charge < -0.3 is 4.98 Å². The zero-order chi connectivity index (χ0) is 14.9. The van der Waals surface area contributed by atoms with E-state index >= 15 is 0 Å². The van der Waals surface area contributed by atoms with Crippen molar-refractivity contribution in [3.8, 4) is 0 Å². The monoisotopic (exact) mass is 314 g/mol. The van der Waals surface area contributed by atoms with E-state index < -0.39 is 10.0 Å². The predicted octanol–water partition coefficient (Wildman–Crippen LogP) is 2.66. The number of rotatable bonds is 5. The Hall–Kier alpha value is -1.37. The van der Waals surface area contributed by atoms with E-state index in [4.69, 9.17) is 11.6 Å². The standard InChI is InChI=1S/C13H15ClN2O3S/c1-3-16(4-2)20(18,19)9-5-6-12-10(7-9)11(8-17)13(14)15-12/h5-8,15H,3-4H2,1-2H3. The molecule has 2 aromatic rings. The number of benzene rings is 1. The average Bonchev–Trinajstić information content (AvgIpc) is 2.73. The van der Waals surface area contributed by atoms with Crippen molar-refractivity contribution in [3.05, 3.63) is 28.9 Å². The van der Waals surface area contributed by atoms with E-state index in [9.17, 15) is 13.2 Å². The number of sulfonamides is 1. The van der Waals surface area contributed by atoms with Gasteiger partial charge in [0.2, 0.25) is 10.0 Å². The van der Waals surface area contributed by atoms with Gasteiger partial charge in [-0.3, -0.25) is 4.79 Å². The first-order chi connectivity index (χ1) is 9.45. The van der Waals surface area contributed by atoms with Crippen LogP contribution >= 0.6 is 11.6 Å². The van der Waals surface area contributed by atoms with Crippen molar-refractivity contribution in [1.29, 1.82) is 0 Å². The summed E-state index contributed by atoms with van der Waals surface area (Å²) in [6.07, 6.45) is 0.620. The molecule has 0 spiro atoms. The number of aromatic nitrogens is 1. The van der Waals surface area contributed by atoms with Crippen LogP contribution in [0.2, 0.25) is 5.15 Å². The maximum atomic E-state index is 12.4. The lowest BCUT2D eigenvalue weighted by atomic mass is 10.2. The molecule has 108 valence electrons. The minimum atomic E-state index is -3.55. The van der Waals surface area contributed by atoms with Crippen LogP contribution < -0.4 is 0 Å². The summed E-state index contributed by atoms with van der Waals surface area (Å²) >= 11 is 5.90. The molecule has 0 unspecified atom stereocenters. The molecule has 7 heteroatoms. The Morgan fingerprint density at radius 2 is 1.95 bits per heavy atom. The minimum Gasteiger partial charge on any atom is -0.345 e. The number of nitrogens with one attached hydrogen (secondary N) is 1. The summed E-state index contributed by atoms with van der Waals surface area (Å²) in [7, 11) is -3.55. The van der Waals surface area contributed by atoms with Crippen LogP contribution in [0.1, 0.15) is 24.2 Å². The Labute approximate surface area is 122 Å². The molecule has 1 aromatic carbocycles. The van der Waals surface area contributed by atoms with Crippen molar-refractivity contribution in [2.45, 2.75) is 18.7 Å². The molecule has 0 aliphatic carbocycles. The number of carbonyl (C=O) groups is 1. The third-order valence-electron chi connectivity index (χ3n) is 3.22. The van der Waals surface area contributed by atoms with Crippen molar-refractivity contribution >= 4 is 38.8 Å². The molecule has 0 fully saturated rings. The number of fused-ring (bicyclic) bond motifs is 1. The number of nitrogens with zero attached hydrogens (tertiary/aromatic N) is 1. The van der Waals surface area contributed by atoms with Gasteiger partial charge in [-0.2, -0.15) is 4.31 Å². The zero-order valence-electron chi connectivity index (χ0n) is 11.2. The second-order valence-corrected chi connectivity index (χ2v) is 6.58. The largest absolute Gasteiger partial charge is 0.345 e. The third-order valence-corrected chi connectivity index (χ3v) is 5.57. The molecule has 0 saturated carbocycles. The molecular weight excluding hydrogens is 300 g/mol. The molecule has 5 nitrogen and oxygen atoms in total. The maximum absolute atomic E-state index is 12.4. The van der Waals surface area contributed by atoms with Gasteiger partial charge in [-0.05, 0) is 18.2 Å².